The number of rotatable bonds is 3. The first-order valence-electron chi connectivity index (χ1n) is 8.34. The Morgan fingerprint density at radius 1 is 1.12 bits per heavy atom. The Balaban J connectivity index is 1.80. The summed E-state index contributed by atoms with van der Waals surface area (Å²) in [5.74, 6) is -0.353. The summed E-state index contributed by atoms with van der Waals surface area (Å²) in [5, 5.41) is 0. The molecule has 26 heavy (non-hydrogen) atoms. The normalized spacial score (nSPS) is 28.8. The molecule has 136 valence electrons. The first kappa shape index (κ1) is 17.9. The maximum atomic E-state index is 13.3. The first-order chi connectivity index (χ1) is 12.3. The van der Waals surface area contributed by atoms with E-state index in [-0.39, 0.29) is 27.8 Å². The summed E-state index contributed by atoms with van der Waals surface area (Å²) in [5.41, 5.74) is 0.883. The minimum Gasteiger partial charge on any atom is -0.451 e. The van der Waals surface area contributed by atoms with Crippen LogP contribution < -0.4 is 0 Å². The lowest BCUT2D eigenvalue weighted by atomic mass is 9.88. The molecule has 2 bridgehead atoms. The van der Waals surface area contributed by atoms with Crippen LogP contribution in [0, 0.1) is 6.92 Å². The van der Waals surface area contributed by atoms with Gasteiger partial charge in [-0.25, -0.2) is 8.42 Å². The topological polar surface area (TPSA) is 63.7 Å². The Labute approximate surface area is 166 Å². The smallest absolute Gasteiger partial charge is 0.308 e. The molecule has 5 nitrogen and oxygen atoms in total. The predicted molar refractivity (Wildman–Crippen MR) is 105 cm³/mol. The van der Waals surface area contributed by atoms with Gasteiger partial charge in [-0.15, -0.1) is 0 Å². The zero-order valence-electron chi connectivity index (χ0n) is 14.1. The maximum absolute atomic E-state index is 13.3. The van der Waals surface area contributed by atoms with Crippen molar-refractivity contribution in [3.05, 3.63) is 65.7 Å². The molecule has 7 heteroatoms. The number of fused-ring (bicyclic) bond motifs is 2. The molecule has 0 saturated carbocycles. The second kappa shape index (κ2) is 6.31. The predicted octanol–water partition coefficient (Wildman–Crippen LogP) is 3.01. The number of alkyl halides is 1. The van der Waals surface area contributed by atoms with E-state index in [1.807, 2.05) is 37.3 Å². The monoisotopic (exact) mass is 483 g/mol. The molecule has 2 heterocycles. The van der Waals surface area contributed by atoms with Gasteiger partial charge < -0.3 is 4.74 Å². The van der Waals surface area contributed by atoms with Gasteiger partial charge >= 0.3 is 5.97 Å². The molecule has 4 rings (SSSR count). The summed E-state index contributed by atoms with van der Waals surface area (Å²) >= 11 is 2.23. The van der Waals surface area contributed by atoms with Gasteiger partial charge in [-0.3, -0.25) is 4.79 Å². The molecule has 2 saturated heterocycles. The van der Waals surface area contributed by atoms with Crippen molar-refractivity contribution in [2.24, 2.45) is 0 Å². The van der Waals surface area contributed by atoms with Crippen LogP contribution in [-0.2, 0) is 25.2 Å². The lowest BCUT2D eigenvalue weighted by Gasteiger charge is -2.36. The van der Waals surface area contributed by atoms with Crippen molar-refractivity contribution in [3.8, 4) is 0 Å². The summed E-state index contributed by atoms with van der Waals surface area (Å²) in [6.07, 6.45) is 0.0767. The van der Waals surface area contributed by atoms with Crippen LogP contribution in [0.25, 0.3) is 0 Å². The molecule has 3 atom stereocenters. The van der Waals surface area contributed by atoms with E-state index in [0.717, 1.165) is 11.1 Å². The molecule has 2 aliphatic heterocycles. The van der Waals surface area contributed by atoms with Gasteiger partial charge in [0, 0.05) is 0 Å². The summed E-state index contributed by atoms with van der Waals surface area (Å²) in [4.78, 5) is 12.5. The number of hydrogen-bond acceptors (Lipinski definition) is 4. The van der Waals surface area contributed by atoms with Gasteiger partial charge in [-0.2, -0.15) is 4.31 Å². The minimum absolute atomic E-state index is 0.0767. The fourth-order valence-electron chi connectivity index (χ4n) is 3.74. The van der Waals surface area contributed by atoms with E-state index < -0.39 is 21.7 Å². The zero-order valence-corrected chi connectivity index (χ0v) is 17.1. The number of carbonyl (C=O) groups is 1. The number of ether oxygens (including phenoxy) is 1. The van der Waals surface area contributed by atoms with Gasteiger partial charge in [0.15, 0.2) is 5.60 Å². The summed E-state index contributed by atoms with van der Waals surface area (Å²) in [6, 6.07) is 15.8. The standard InChI is InChI=1S/C19H18INO4S/c1-13-7-9-15(10-8-13)26(23,24)21-12-19(14-5-3-2-4-6-14)18(20)16(21)11-17(22)25-19/h2-10,16,18H,11-12H2,1H3/t16-,18-,19+/m0/s1. The zero-order chi connectivity index (χ0) is 18.5. The molecule has 2 fully saturated rings. The Hall–Kier alpha value is -1.45. The molecule has 0 unspecified atom stereocenters. The van der Waals surface area contributed by atoms with Crippen molar-refractivity contribution in [2.75, 3.05) is 6.54 Å². The highest BCUT2D eigenvalue weighted by Crippen LogP contribution is 2.50. The Bertz CT molecular complexity index is 945. The number of carbonyl (C=O) groups excluding carboxylic acids is 1. The third kappa shape index (κ3) is 2.68. The Kier molecular flexibility index (Phi) is 4.36. The van der Waals surface area contributed by atoms with Crippen molar-refractivity contribution in [3.63, 3.8) is 0 Å². The number of halogens is 1. The van der Waals surface area contributed by atoms with Crippen molar-refractivity contribution in [1.82, 2.24) is 4.31 Å². The van der Waals surface area contributed by atoms with E-state index >= 15 is 0 Å². The molecule has 0 N–H and O–H groups in total. The van der Waals surface area contributed by atoms with Gasteiger partial charge in [0.05, 0.1) is 27.8 Å². The molecule has 2 aromatic carbocycles. The van der Waals surface area contributed by atoms with E-state index in [2.05, 4.69) is 22.6 Å². The first-order valence-corrected chi connectivity index (χ1v) is 11.0. The van der Waals surface area contributed by atoms with Gasteiger partial charge in [-0.1, -0.05) is 70.6 Å². The summed E-state index contributed by atoms with van der Waals surface area (Å²) in [6.45, 7) is 2.05. The molecule has 0 radical (unpaired) electrons. The molecular weight excluding hydrogens is 465 g/mol. The quantitative estimate of drug-likeness (QED) is 0.383. The van der Waals surface area contributed by atoms with E-state index in [9.17, 15) is 13.2 Å². The number of sulfonamides is 1. The highest BCUT2D eigenvalue weighted by Gasteiger charge is 2.62. The number of hydrogen-bond donors (Lipinski definition) is 0. The number of esters is 1. The van der Waals surface area contributed by atoms with E-state index in [1.54, 1.807) is 24.3 Å². The number of aryl methyl sites for hydroxylation is 1. The van der Waals surface area contributed by atoms with Gasteiger partial charge in [0.2, 0.25) is 10.0 Å². The van der Waals surface area contributed by atoms with Crippen LogP contribution in [-0.4, -0.2) is 35.2 Å². The molecule has 0 amide bonds. The summed E-state index contributed by atoms with van der Waals surface area (Å²) < 4.78 is 33.6. The lowest BCUT2D eigenvalue weighted by molar-refractivity contribution is -0.162. The lowest BCUT2D eigenvalue weighted by Crippen LogP contribution is -2.47. The van der Waals surface area contributed by atoms with Crippen molar-refractivity contribution >= 4 is 38.6 Å². The fraction of sp³-hybridized carbons (Fsp3) is 0.316. The second-order valence-electron chi connectivity index (χ2n) is 6.77. The third-order valence-corrected chi connectivity index (χ3v) is 8.83. The molecule has 2 aliphatic rings. The van der Waals surface area contributed by atoms with Crippen LogP contribution in [0.1, 0.15) is 17.5 Å². The van der Waals surface area contributed by atoms with Crippen LogP contribution >= 0.6 is 22.6 Å². The van der Waals surface area contributed by atoms with Crippen molar-refractivity contribution in [1.29, 1.82) is 0 Å². The number of nitrogens with zero attached hydrogens (tertiary/aromatic N) is 1. The van der Waals surface area contributed by atoms with Crippen molar-refractivity contribution < 1.29 is 17.9 Å². The van der Waals surface area contributed by atoms with Gasteiger partial charge in [0.25, 0.3) is 0 Å². The second-order valence-corrected chi connectivity index (χ2v) is 10.00. The van der Waals surface area contributed by atoms with Gasteiger partial charge in [0.1, 0.15) is 0 Å². The van der Waals surface area contributed by atoms with Gasteiger partial charge in [-0.05, 0) is 24.6 Å². The SMILES string of the molecule is Cc1ccc(S(=O)(=O)N2C[C@]3(c4ccccc4)OC(=O)C[C@H]2[C@@H]3I)cc1. The fourth-order valence-corrected chi connectivity index (χ4v) is 6.95. The third-order valence-electron chi connectivity index (χ3n) is 5.11. The van der Waals surface area contributed by atoms with Crippen LogP contribution in [0.5, 0.6) is 0 Å². The minimum atomic E-state index is -3.72. The summed E-state index contributed by atoms with van der Waals surface area (Å²) in [7, 11) is -3.72. The Morgan fingerprint density at radius 3 is 2.42 bits per heavy atom. The van der Waals surface area contributed by atoms with Crippen LogP contribution in [0.2, 0.25) is 0 Å². The molecule has 0 aromatic heterocycles. The average molecular weight is 483 g/mol. The maximum Gasteiger partial charge on any atom is 0.308 e. The highest BCUT2D eigenvalue weighted by atomic mass is 127. The largest absolute Gasteiger partial charge is 0.451 e. The van der Waals surface area contributed by atoms with Crippen LogP contribution in [0.3, 0.4) is 0 Å². The van der Waals surface area contributed by atoms with E-state index in [0.29, 0.717) is 0 Å². The number of benzene rings is 2. The van der Waals surface area contributed by atoms with Crippen LogP contribution in [0.15, 0.2) is 59.5 Å². The molecule has 0 aliphatic carbocycles. The molecular formula is C19H18INO4S. The molecule has 2 aromatic rings. The highest BCUT2D eigenvalue weighted by molar-refractivity contribution is 14.1. The van der Waals surface area contributed by atoms with E-state index in [4.69, 9.17) is 4.74 Å². The Morgan fingerprint density at radius 2 is 1.77 bits per heavy atom. The molecule has 0 spiro atoms. The van der Waals surface area contributed by atoms with Crippen molar-refractivity contribution in [2.45, 2.75) is 33.8 Å². The van der Waals surface area contributed by atoms with Crippen LogP contribution in [0.4, 0.5) is 0 Å². The van der Waals surface area contributed by atoms with E-state index in [1.165, 1.54) is 4.31 Å². The average Bonchev–Trinajstić information content (AvgIpc) is 2.80.